The van der Waals surface area contributed by atoms with Gasteiger partial charge >= 0.3 is 0 Å². The lowest BCUT2D eigenvalue weighted by Crippen LogP contribution is -2.36. The summed E-state index contributed by atoms with van der Waals surface area (Å²) in [6.07, 6.45) is 3.26. The quantitative estimate of drug-likeness (QED) is 0.265. The normalized spacial score (nSPS) is 14.0. The van der Waals surface area contributed by atoms with Crippen LogP contribution in [0, 0.1) is 11.8 Å². The molecule has 1 fully saturated rings. The second-order valence-corrected chi connectivity index (χ2v) is 10.9. The van der Waals surface area contributed by atoms with Crippen LogP contribution < -0.4 is 15.5 Å². The smallest absolute Gasteiger partial charge is 0.256 e. The molecule has 39 heavy (non-hydrogen) atoms. The van der Waals surface area contributed by atoms with E-state index in [4.69, 9.17) is 0 Å². The van der Waals surface area contributed by atoms with Gasteiger partial charge in [-0.15, -0.1) is 0 Å². The molecule has 1 aliphatic rings. The highest BCUT2D eigenvalue weighted by Crippen LogP contribution is 2.30. The Morgan fingerprint density at radius 1 is 0.821 bits per heavy atom. The maximum absolute atomic E-state index is 13.4. The third kappa shape index (κ3) is 6.48. The second-order valence-electron chi connectivity index (χ2n) is 10.9. The summed E-state index contributed by atoms with van der Waals surface area (Å²) >= 11 is 0. The molecule has 5 rings (SSSR count). The lowest BCUT2D eigenvalue weighted by Gasteiger charge is -2.35. The average molecular weight is 520 g/mol. The van der Waals surface area contributed by atoms with Crippen molar-refractivity contribution < 1.29 is 9.59 Å². The van der Waals surface area contributed by atoms with E-state index in [9.17, 15) is 9.59 Å². The fourth-order valence-corrected chi connectivity index (χ4v) is 5.41. The Labute approximate surface area is 231 Å². The van der Waals surface area contributed by atoms with Crippen LogP contribution in [-0.2, 0) is 6.42 Å². The number of hydrogen-bond acceptors (Lipinski definition) is 3. The van der Waals surface area contributed by atoms with E-state index in [2.05, 4.69) is 59.7 Å². The summed E-state index contributed by atoms with van der Waals surface area (Å²) in [5, 5.41) is 8.04. The molecule has 2 amide bonds. The number of fused-ring (bicyclic) bond motifs is 1. The molecular formula is C34H37N3O2. The summed E-state index contributed by atoms with van der Waals surface area (Å²) in [7, 11) is 0. The zero-order valence-electron chi connectivity index (χ0n) is 22.8. The first-order chi connectivity index (χ1) is 19.0. The highest BCUT2D eigenvalue weighted by molar-refractivity contribution is 6.13. The number of carbonyl (C=O) groups excluding carboxylic acids is 2. The van der Waals surface area contributed by atoms with E-state index < -0.39 is 0 Å². The van der Waals surface area contributed by atoms with E-state index in [-0.39, 0.29) is 11.8 Å². The summed E-state index contributed by atoms with van der Waals surface area (Å²) in [6.45, 7) is 6.58. The Morgan fingerprint density at radius 2 is 1.54 bits per heavy atom. The molecule has 0 radical (unpaired) electrons. The van der Waals surface area contributed by atoms with Crippen molar-refractivity contribution in [2.24, 2.45) is 11.8 Å². The summed E-state index contributed by atoms with van der Waals surface area (Å²) in [5.74, 6) is 0.697. The maximum atomic E-state index is 13.4. The molecule has 1 saturated heterocycles. The second kappa shape index (κ2) is 12.2. The average Bonchev–Trinajstić information content (AvgIpc) is 2.96. The molecule has 5 nitrogen and oxygen atoms in total. The van der Waals surface area contributed by atoms with Crippen molar-refractivity contribution in [2.75, 3.05) is 29.9 Å². The predicted molar refractivity (Wildman–Crippen MR) is 161 cm³/mol. The minimum atomic E-state index is -0.185. The van der Waals surface area contributed by atoms with Crippen LogP contribution in [0.5, 0.6) is 0 Å². The van der Waals surface area contributed by atoms with Gasteiger partial charge in [-0.2, -0.15) is 0 Å². The van der Waals surface area contributed by atoms with Gasteiger partial charge in [-0.25, -0.2) is 0 Å². The first kappa shape index (κ1) is 26.5. The minimum Gasteiger partial charge on any atom is -0.371 e. The fraction of sp³-hybridized carbons (Fsp3) is 0.294. The number of rotatable bonds is 8. The zero-order valence-corrected chi connectivity index (χ0v) is 22.8. The van der Waals surface area contributed by atoms with Gasteiger partial charge in [0.05, 0.1) is 5.56 Å². The Hall–Kier alpha value is -4.12. The Kier molecular flexibility index (Phi) is 8.26. The lowest BCUT2D eigenvalue weighted by atomic mass is 9.89. The number of benzene rings is 4. The molecule has 0 bridgehead atoms. The van der Waals surface area contributed by atoms with Crippen molar-refractivity contribution in [1.29, 1.82) is 0 Å². The molecule has 5 heteroatoms. The van der Waals surface area contributed by atoms with Crippen LogP contribution in [-0.4, -0.2) is 31.4 Å². The number of nitrogens with zero attached hydrogens (tertiary/aromatic N) is 1. The van der Waals surface area contributed by atoms with Crippen molar-refractivity contribution in [1.82, 2.24) is 5.32 Å². The summed E-state index contributed by atoms with van der Waals surface area (Å²) in [5.41, 5.74) is 4.15. The van der Waals surface area contributed by atoms with Crippen molar-refractivity contribution in [3.8, 4) is 0 Å². The minimum absolute atomic E-state index is 0.105. The van der Waals surface area contributed by atoms with Gasteiger partial charge in [0.1, 0.15) is 0 Å². The molecule has 1 aliphatic heterocycles. The number of carbonyl (C=O) groups is 2. The van der Waals surface area contributed by atoms with Gasteiger partial charge in [0.2, 0.25) is 0 Å². The van der Waals surface area contributed by atoms with E-state index in [1.807, 2.05) is 60.7 Å². The largest absolute Gasteiger partial charge is 0.371 e. The molecular weight excluding hydrogens is 482 g/mol. The number of hydrogen-bond donors (Lipinski definition) is 2. The van der Waals surface area contributed by atoms with Crippen molar-refractivity contribution in [2.45, 2.75) is 33.1 Å². The summed E-state index contributed by atoms with van der Waals surface area (Å²) in [4.78, 5) is 28.9. The van der Waals surface area contributed by atoms with Crippen LogP contribution >= 0.6 is 0 Å². The van der Waals surface area contributed by atoms with Gasteiger partial charge in [-0.3, -0.25) is 9.59 Å². The van der Waals surface area contributed by atoms with Gasteiger partial charge < -0.3 is 15.5 Å². The number of anilines is 2. The van der Waals surface area contributed by atoms with E-state index in [1.165, 1.54) is 5.56 Å². The predicted octanol–water partition coefficient (Wildman–Crippen LogP) is 6.94. The van der Waals surface area contributed by atoms with Crippen LogP contribution in [0.2, 0.25) is 0 Å². The van der Waals surface area contributed by atoms with Gasteiger partial charge in [0.15, 0.2) is 0 Å². The standard InChI is InChI=1S/C34H37N3O2/c1-24(2)23-35-33(38)31-22-28(36-34(39)30-14-8-12-27-11-6-7-13-29(27)30)15-16-32(31)37-19-17-26(18-20-37)21-25-9-4-3-5-10-25/h3-16,22,24,26H,17-21,23H2,1-2H3,(H,35,38)(H,36,39). The Morgan fingerprint density at radius 3 is 2.31 bits per heavy atom. The zero-order chi connectivity index (χ0) is 27.2. The Bertz CT molecular complexity index is 1430. The SMILES string of the molecule is CC(C)CNC(=O)c1cc(NC(=O)c2cccc3ccccc23)ccc1N1CCC(Cc2ccccc2)CC1. The lowest BCUT2D eigenvalue weighted by molar-refractivity contribution is 0.0948. The van der Waals surface area contributed by atoms with Crippen LogP contribution in [0.3, 0.4) is 0 Å². The van der Waals surface area contributed by atoms with E-state index in [1.54, 1.807) is 0 Å². The van der Waals surface area contributed by atoms with Crippen LogP contribution in [0.4, 0.5) is 11.4 Å². The number of nitrogens with one attached hydrogen (secondary N) is 2. The fourth-order valence-electron chi connectivity index (χ4n) is 5.41. The first-order valence-corrected chi connectivity index (χ1v) is 14.0. The summed E-state index contributed by atoms with van der Waals surface area (Å²) in [6, 6.07) is 30.0. The molecule has 0 aliphatic carbocycles. The topological polar surface area (TPSA) is 61.4 Å². The molecule has 2 N–H and O–H groups in total. The van der Waals surface area contributed by atoms with E-state index >= 15 is 0 Å². The number of piperidine rings is 1. The maximum Gasteiger partial charge on any atom is 0.256 e. The van der Waals surface area contributed by atoms with Crippen LogP contribution in [0.25, 0.3) is 10.8 Å². The first-order valence-electron chi connectivity index (χ1n) is 14.0. The molecule has 0 unspecified atom stereocenters. The molecule has 0 aromatic heterocycles. The molecule has 200 valence electrons. The van der Waals surface area contributed by atoms with E-state index in [0.29, 0.717) is 35.2 Å². The van der Waals surface area contributed by atoms with Crippen LogP contribution in [0.1, 0.15) is 53.0 Å². The third-order valence-electron chi connectivity index (χ3n) is 7.53. The van der Waals surface area contributed by atoms with Gasteiger partial charge in [-0.05, 0) is 71.7 Å². The molecule has 4 aromatic carbocycles. The molecule has 1 heterocycles. The molecule has 0 atom stereocenters. The molecule has 4 aromatic rings. The van der Waals surface area contributed by atoms with E-state index in [0.717, 1.165) is 48.8 Å². The summed E-state index contributed by atoms with van der Waals surface area (Å²) < 4.78 is 0. The highest BCUT2D eigenvalue weighted by atomic mass is 16.2. The highest BCUT2D eigenvalue weighted by Gasteiger charge is 2.24. The Balaban J connectivity index is 1.35. The monoisotopic (exact) mass is 519 g/mol. The van der Waals surface area contributed by atoms with Crippen molar-refractivity contribution in [3.63, 3.8) is 0 Å². The van der Waals surface area contributed by atoms with Crippen LogP contribution in [0.15, 0.2) is 91.0 Å². The van der Waals surface area contributed by atoms with Gasteiger partial charge in [-0.1, -0.05) is 80.6 Å². The number of amides is 2. The molecule has 0 saturated carbocycles. The van der Waals surface area contributed by atoms with Gasteiger partial charge in [0, 0.05) is 36.6 Å². The third-order valence-corrected chi connectivity index (χ3v) is 7.53. The van der Waals surface area contributed by atoms with Gasteiger partial charge in [0.25, 0.3) is 11.8 Å². The molecule has 0 spiro atoms. The van der Waals surface area contributed by atoms with Crippen molar-refractivity contribution >= 4 is 34.0 Å². The van der Waals surface area contributed by atoms with Crippen molar-refractivity contribution in [3.05, 3.63) is 108 Å².